The van der Waals surface area contributed by atoms with Gasteiger partial charge in [-0.15, -0.1) is 0 Å². The molecule has 0 radical (unpaired) electrons. The molecular weight excluding hydrogens is 202 g/mol. The van der Waals surface area contributed by atoms with Crippen LogP contribution in [0.4, 0.5) is 0 Å². The van der Waals surface area contributed by atoms with Crippen molar-refractivity contribution < 1.29 is 0 Å². The molecule has 0 unspecified atom stereocenters. The molecule has 0 aliphatic rings. The van der Waals surface area contributed by atoms with E-state index in [1.165, 1.54) is 10.9 Å². The fourth-order valence-corrected chi connectivity index (χ4v) is 1.96. The van der Waals surface area contributed by atoms with Crippen LogP contribution >= 0.6 is 12.6 Å². The van der Waals surface area contributed by atoms with E-state index >= 15 is 0 Å². The molecule has 1 aromatic carbocycles. The number of fused-ring (bicyclic) bond motifs is 1. The molecule has 0 N–H and O–H groups in total. The van der Waals surface area contributed by atoms with Gasteiger partial charge in [-0.05, 0) is 23.6 Å². The smallest absolute Gasteiger partial charge is 0.0708 e. The van der Waals surface area contributed by atoms with Crippen LogP contribution in [-0.2, 0) is 5.75 Å². The van der Waals surface area contributed by atoms with Crippen LogP contribution in [0.1, 0.15) is 31.0 Å². The normalized spacial score (nSPS) is 11.2. The summed E-state index contributed by atoms with van der Waals surface area (Å²) < 4.78 is 0. The Labute approximate surface area is 95.9 Å². The first-order chi connectivity index (χ1) is 7.22. The molecular formula is C13H15NS. The van der Waals surface area contributed by atoms with Gasteiger partial charge < -0.3 is 0 Å². The molecule has 2 aromatic rings. The minimum atomic E-state index is 0.466. The van der Waals surface area contributed by atoms with Gasteiger partial charge in [-0.25, -0.2) is 0 Å². The van der Waals surface area contributed by atoms with Gasteiger partial charge in [-0.2, -0.15) is 12.6 Å². The Bertz CT molecular complexity index is 477. The third-order valence-corrected chi connectivity index (χ3v) is 2.92. The van der Waals surface area contributed by atoms with Crippen LogP contribution in [0, 0.1) is 0 Å². The van der Waals surface area contributed by atoms with Crippen LogP contribution in [0.3, 0.4) is 0 Å². The third kappa shape index (κ3) is 2.00. The van der Waals surface area contributed by atoms with E-state index in [2.05, 4.69) is 49.7 Å². The summed E-state index contributed by atoms with van der Waals surface area (Å²) in [6, 6.07) is 10.4. The standard InChI is InChI=1S/C13H15NS/c1-9(2)13-7-10(8-15)11-5-3-4-6-12(11)14-13/h3-7,9,15H,8H2,1-2H3. The van der Waals surface area contributed by atoms with Crippen LogP contribution in [0.5, 0.6) is 0 Å². The molecule has 2 rings (SSSR count). The molecule has 0 amide bonds. The topological polar surface area (TPSA) is 12.9 Å². The van der Waals surface area contributed by atoms with E-state index in [0.29, 0.717) is 5.92 Å². The maximum Gasteiger partial charge on any atom is 0.0708 e. The lowest BCUT2D eigenvalue weighted by Crippen LogP contribution is -1.96. The zero-order valence-corrected chi connectivity index (χ0v) is 9.96. The molecule has 0 bridgehead atoms. The second kappa shape index (κ2) is 4.23. The maximum absolute atomic E-state index is 4.65. The molecule has 15 heavy (non-hydrogen) atoms. The zero-order valence-electron chi connectivity index (χ0n) is 9.07. The van der Waals surface area contributed by atoms with E-state index in [1.807, 2.05) is 12.1 Å². The Balaban J connectivity index is 2.71. The van der Waals surface area contributed by atoms with Gasteiger partial charge in [0.1, 0.15) is 0 Å². The Hall–Kier alpha value is -1.02. The lowest BCUT2D eigenvalue weighted by atomic mass is 10.0. The van der Waals surface area contributed by atoms with Gasteiger partial charge in [0, 0.05) is 16.8 Å². The average molecular weight is 217 g/mol. The molecule has 0 fully saturated rings. The molecule has 0 atom stereocenters. The van der Waals surface area contributed by atoms with Gasteiger partial charge in [0.2, 0.25) is 0 Å². The number of aromatic nitrogens is 1. The molecule has 0 saturated heterocycles. The van der Waals surface area contributed by atoms with E-state index < -0.39 is 0 Å². The molecule has 0 aliphatic carbocycles. The Morgan fingerprint density at radius 2 is 2.00 bits per heavy atom. The number of hydrogen-bond donors (Lipinski definition) is 1. The number of hydrogen-bond acceptors (Lipinski definition) is 2. The lowest BCUT2D eigenvalue weighted by Gasteiger charge is -2.09. The SMILES string of the molecule is CC(C)c1cc(CS)c2ccccc2n1. The Morgan fingerprint density at radius 1 is 1.27 bits per heavy atom. The minimum Gasteiger partial charge on any atom is -0.253 e. The number of pyridine rings is 1. The van der Waals surface area contributed by atoms with Gasteiger partial charge in [-0.1, -0.05) is 32.0 Å². The average Bonchev–Trinajstić information content (AvgIpc) is 2.27. The van der Waals surface area contributed by atoms with Gasteiger partial charge in [0.25, 0.3) is 0 Å². The number of para-hydroxylation sites is 1. The first kappa shape index (κ1) is 10.5. The highest BCUT2D eigenvalue weighted by Crippen LogP contribution is 2.23. The fraction of sp³-hybridized carbons (Fsp3) is 0.308. The van der Waals surface area contributed by atoms with Crippen LogP contribution < -0.4 is 0 Å². The van der Waals surface area contributed by atoms with Crippen LogP contribution in [0.2, 0.25) is 0 Å². The molecule has 0 aliphatic heterocycles. The van der Waals surface area contributed by atoms with E-state index in [4.69, 9.17) is 0 Å². The largest absolute Gasteiger partial charge is 0.253 e. The summed E-state index contributed by atoms with van der Waals surface area (Å²) in [4.78, 5) is 4.65. The van der Waals surface area contributed by atoms with Gasteiger partial charge in [0.15, 0.2) is 0 Å². The summed E-state index contributed by atoms with van der Waals surface area (Å²) >= 11 is 4.37. The lowest BCUT2D eigenvalue weighted by molar-refractivity contribution is 0.828. The van der Waals surface area contributed by atoms with Crippen LogP contribution in [0.15, 0.2) is 30.3 Å². The van der Waals surface area contributed by atoms with Crippen molar-refractivity contribution in [3.8, 4) is 0 Å². The highest BCUT2D eigenvalue weighted by Gasteiger charge is 2.06. The monoisotopic (exact) mass is 217 g/mol. The zero-order chi connectivity index (χ0) is 10.8. The Kier molecular flexibility index (Phi) is 2.96. The second-order valence-corrected chi connectivity index (χ2v) is 4.35. The highest BCUT2D eigenvalue weighted by molar-refractivity contribution is 7.79. The summed E-state index contributed by atoms with van der Waals surface area (Å²) in [6.07, 6.45) is 0. The molecule has 2 heteroatoms. The Morgan fingerprint density at radius 3 is 2.67 bits per heavy atom. The molecule has 1 nitrogen and oxygen atoms in total. The van der Waals surface area contributed by atoms with Crippen LogP contribution in [-0.4, -0.2) is 4.98 Å². The number of thiol groups is 1. The molecule has 1 heterocycles. The van der Waals surface area contributed by atoms with Crippen molar-refractivity contribution in [2.24, 2.45) is 0 Å². The van der Waals surface area contributed by atoms with Gasteiger partial charge >= 0.3 is 0 Å². The number of benzene rings is 1. The van der Waals surface area contributed by atoms with Crippen LogP contribution in [0.25, 0.3) is 10.9 Å². The predicted molar refractivity (Wildman–Crippen MR) is 68.5 cm³/mol. The summed E-state index contributed by atoms with van der Waals surface area (Å²) in [7, 11) is 0. The van der Waals surface area contributed by atoms with Crippen molar-refractivity contribution in [3.05, 3.63) is 41.6 Å². The molecule has 0 saturated carbocycles. The summed E-state index contributed by atoms with van der Waals surface area (Å²) in [5.74, 6) is 1.23. The highest BCUT2D eigenvalue weighted by atomic mass is 32.1. The summed E-state index contributed by atoms with van der Waals surface area (Å²) in [6.45, 7) is 4.33. The van der Waals surface area contributed by atoms with Crippen molar-refractivity contribution >= 4 is 23.5 Å². The van der Waals surface area contributed by atoms with E-state index in [1.54, 1.807) is 0 Å². The summed E-state index contributed by atoms with van der Waals surface area (Å²) in [5, 5.41) is 1.22. The quantitative estimate of drug-likeness (QED) is 0.755. The second-order valence-electron chi connectivity index (χ2n) is 4.04. The maximum atomic E-state index is 4.65. The first-order valence-electron chi connectivity index (χ1n) is 5.22. The van der Waals surface area contributed by atoms with E-state index in [0.717, 1.165) is 17.0 Å². The predicted octanol–water partition coefficient (Wildman–Crippen LogP) is 3.79. The van der Waals surface area contributed by atoms with Gasteiger partial charge in [0.05, 0.1) is 5.52 Å². The number of nitrogens with zero attached hydrogens (tertiary/aromatic N) is 1. The van der Waals surface area contributed by atoms with Gasteiger partial charge in [-0.3, -0.25) is 4.98 Å². The minimum absolute atomic E-state index is 0.466. The third-order valence-electron chi connectivity index (χ3n) is 2.58. The molecule has 78 valence electrons. The van der Waals surface area contributed by atoms with Crippen molar-refractivity contribution in [3.63, 3.8) is 0 Å². The first-order valence-corrected chi connectivity index (χ1v) is 5.85. The van der Waals surface area contributed by atoms with Crippen molar-refractivity contribution in [2.75, 3.05) is 0 Å². The molecule has 1 aromatic heterocycles. The van der Waals surface area contributed by atoms with E-state index in [9.17, 15) is 0 Å². The van der Waals surface area contributed by atoms with Crippen molar-refractivity contribution in [1.82, 2.24) is 4.98 Å². The molecule has 0 spiro atoms. The van der Waals surface area contributed by atoms with Crippen molar-refractivity contribution in [1.29, 1.82) is 0 Å². The van der Waals surface area contributed by atoms with E-state index in [-0.39, 0.29) is 0 Å². The fourth-order valence-electron chi connectivity index (χ4n) is 1.70. The number of rotatable bonds is 2. The summed E-state index contributed by atoms with van der Waals surface area (Å²) in [5.41, 5.74) is 3.50. The van der Waals surface area contributed by atoms with Crippen molar-refractivity contribution in [2.45, 2.75) is 25.5 Å².